The second-order valence-electron chi connectivity index (χ2n) is 7.63. The van der Waals surface area contributed by atoms with E-state index in [9.17, 15) is 9.50 Å². The maximum atomic E-state index is 14.0. The minimum atomic E-state index is -0.863. The Hall–Kier alpha value is -2.80. The summed E-state index contributed by atoms with van der Waals surface area (Å²) in [7, 11) is 1.92. The van der Waals surface area contributed by atoms with Crippen molar-refractivity contribution < 1.29 is 9.50 Å². The van der Waals surface area contributed by atoms with Crippen molar-refractivity contribution >= 4 is 16.6 Å². The number of hydrogen-bond donors (Lipinski definition) is 2. The number of hydrogen-bond acceptors (Lipinski definition) is 6. The Morgan fingerprint density at radius 3 is 2.75 bits per heavy atom. The topological polar surface area (TPSA) is 74.2 Å². The van der Waals surface area contributed by atoms with Crippen LogP contribution in [0.3, 0.4) is 0 Å². The average Bonchev–Trinajstić information content (AvgIpc) is 2.62. The molecule has 2 N–H and O–H groups in total. The zero-order valence-corrected chi connectivity index (χ0v) is 16.3. The first-order valence-electron chi connectivity index (χ1n) is 9.43. The van der Waals surface area contributed by atoms with Gasteiger partial charge in [0, 0.05) is 53.8 Å². The molecule has 1 aromatic carbocycles. The van der Waals surface area contributed by atoms with Gasteiger partial charge in [0.2, 0.25) is 0 Å². The van der Waals surface area contributed by atoms with E-state index in [2.05, 4.69) is 20.5 Å². The van der Waals surface area contributed by atoms with Crippen LogP contribution in [0.2, 0.25) is 0 Å². The largest absolute Gasteiger partial charge is 0.507 e. The van der Waals surface area contributed by atoms with Gasteiger partial charge in [-0.05, 0) is 44.7 Å². The fourth-order valence-electron chi connectivity index (χ4n) is 3.95. The van der Waals surface area contributed by atoms with Crippen LogP contribution in [0.4, 0.5) is 10.2 Å². The van der Waals surface area contributed by atoms with Crippen molar-refractivity contribution in [3.05, 3.63) is 41.7 Å². The number of aromatic hydroxyl groups is 1. The van der Waals surface area contributed by atoms with Crippen LogP contribution in [-0.2, 0) is 0 Å². The molecule has 3 aromatic rings. The number of alkyl halides is 1. The highest BCUT2D eigenvalue weighted by molar-refractivity contribution is 6.02. The van der Waals surface area contributed by atoms with E-state index in [4.69, 9.17) is 0 Å². The van der Waals surface area contributed by atoms with Crippen LogP contribution >= 0.6 is 0 Å². The molecule has 0 spiro atoms. The van der Waals surface area contributed by atoms with Gasteiger partial charge in [-0.3, -0.25) is 4.98 Å². The molecule has 4 rings (SSSR count). The lowest BCUT2D eigenvalue weighted by Gasteiger charge is -2.33. The Bertz CT molecular complexity index is 1020. The van der Waals surface area contributed by atoms with E-state index in [-0.39, 0.29) is 11.8 Å². The highest BCUT2D eigenvalue weighted by Crippen LogP contribution is 2.36. The van der Waals surface area contributed by atoms with Crippen LogP contribution in [-0.4, -0.2) is 57.5 Å². The number of phenols is 1. The molecule has 1 aliphatic rings. The van der Waals surface area contributed by atoms with Crippen LogP contribution in [0, 0.1) is 13.8 Å². The first kappa shape index (κ1) is 18.6. The van der Waals surface area contributed by atoms with E-state index in [1.54, 1.807) is 12.3 Å². The number of nitrogens with one attached hydrogen (secondary N) is 1. The molecule has 6 nitrogen and oxygen atoms in total. The number of nitrogens with zero attached hydrogens (tertiary/aromatic N) is 4. The molecule has 3 heterocycles. The summed E-state index contributed by atoms with van der Waals surface area (Å²) in [5, 5.41) is 24.3. The smallest absolute Gasteiger partial charge is 0.158 e. The lowest BCUT2D eigenvalue weighted by molar-refractivity contribution is 0.153. The van der Waals surface area contributed by atoms with Gasteiger partial charge in [-0.1, -0.05) is 6.07 Å². The number of likely N-dealkylation sites (N-methyl/N-ethyl adjacent to an activating group) is 1. The number of fused-ring (bicyclic) bond motifs is 1. The highest BCUT2D eigenvalue weighted by atomic mass is 19.1. The maximum absolute atomic E-state index is 14.0. The SMILES string of the molecule is Cc1ccc(-c2nnc(NC3C[C@@H](F)CN(C)C3)c3c(C)nccc23)c(O)c1. The van der Waals surface area contributed by atoms with Crippen molar-refractivity contribution in [1.82, 2.24) is 20.1 Å². The molecule has 2 aromatic heterocycles. The third-order valence-corrected chi connectivity index (χ3v) is 5.21. The summed E-state index contributed by atoms with van der Waals surface area (Å²) in [6, 6.07) is 7.32. The van der Waals surface area contributed by atoms with Crippen LogP contribution in [0.25, 0.3) is 22.0 Å². The summed E-state index contributed by atoms with van der Waals surface area (Å²) < 4.78 is 14.0. The van der Waals surface area contributed by atoms with Gasteiger partial charge in [-0.15, -0.1) is 10.2 Å². The molecule has 2 atom stereocenters. The maximum Gasteiger partial charge on any atom is 0.158 e. The number of pyridine rings is 1. The number of anilines is 1. The molecule has 0 amide bonds. The minimum absolute atomic E-state index is 0.0514. The van der Waals surface area contributed by atoms with Gasteiger partial charge < -0.3 is 15.3 Å². The van der Waals surface area contributed by atoms with Crippen LogP contribution in [0.15, 0.2) is 30.5 Å². The summed E-state index contributed by atoms with van der Waals surface area (Å²) in [4.78, 5) is 6.38. The Labute approximate surface area is 163 Å². The van der Waals surface area contributed by atoms with E-state index in [1.807, 2.05) is 44.0 Å². The zero-order chi connectivity index (χ0) is 19.8. The van der Waals surface area contributed by atoms with Gasteiger partial charge in [0.25, 0.3) is 0 Å². The molecule has 1 aliphatic heterocycles. The molecule has 0 saturated carbocycles. The molecule has 1 fully saturated rings. The standard InChI is InChI=1S/C21H24FN5O/c1-12-4-5-16(18(28)8-12)20-17-6-7-23-13(2)19(17)21(26-25-20)24-15-9-14(22)10-27(3)11-15/h4-8,14-15,28H,9-11H2,1-3H3,(H,24,26)/t14-,15?/m1/s1. The highest BCUT2D eigenvalue weighted by Gasteiger charge is 2.26. The van der Waals surface area contributed by atoms with Gasteiger partial charge in [0.1, 0.15) is 17.6 Å². The number of likely N-dealkylation sites (tertiary alicyclic amines) is 1. The van der Waals surface area contributed by atoms with Crippen molar-refractivity contribution in [3.63, 3.8) is 0 Å². The number of aryl methyl sites for hydroxylation is 2. The number of phenolic OH excluding ortho intramolecular Hbond substituents is 1. The molecule has 1 saturated heterocycles. The van der Waals surface area contributed by atoms with E-state index >= 15 is 0 Å². The number of benzene rings is 1. The number of piperidine rings is 1. The summed E-state index contributed by atoms with van der Waals surface area (Å²) in [6.07, 6.45) is 1.30. The lowest BCUT2D eigenvalue weighted by atomic mass is 10.0. The summed E-state index contributed by atoms with van der Waals surface area (Å²) in [6.45, 7) is 5.03. The van der Waals surface area contributed by atoms with Crippen LogP contribution in [0.5, 0.6) is 5.75 Å². The number of rotatable bonds is 3. The molecule has 146 valence electrons. The first-order valence-corrected chi connectivity index (χ1v) is 9.43. The zero-order valence-electron chi connectivity index (χ0n) is 16.3. The molecule has 0 radical (unpaired) electrons. The Morgan fingerprint density at radius 2 is 2.00 bits per heavy atom. The Balaban J connectivity index is 1.80. The number of aromatic nitrogens is 3. The van der Waals surface area contributed by atoms with E-state index < -0.39 is 6.17 Å². The third kappa shape index (κ3) is 3.49. The van der Waals surface area contributed by atoms with Crippen molar-refractivity contribution in [2.45, 2.75) is 32.5 Å². The van der Waals surface area contributed by atoms with Gasteiger partial charge >= 0.3 is 0 Å². The molecule has 28 heavy (non-hydrogen) atoms. The second kappa shape index (κ2) is 7.31. The fraction of sp³-hybridized carbons (Fsp3) is 0.381. The van der Waals surface area contributed by atoms with E-state index in [0.717, 1.165) is 28.6 Å². The van der Waals surface area contributed by atoms with Crippen LogP contribution in [0.1, 0.15) is 17.7 Å². The van der Waals surface area contributed by atoms with Gasteiger partial charge in [0.05, 0.1) is 0 Å². The normalized spacial score (nSPS) is 20.4. The number of halogens is 1. The third-order valence-electron chi connectivity index (χ3n) is 5.21. The molecule has 1 unspecified atom stereocenters. The van der Waals surface area contributed by atoms with Crippen molar-refractivity contribution in [2.75, 3.05) is 25.5 Å². The predicted octanol–water partition coefficient (Wildman–Crippen LogP) is 3.47. The predicted molar refractivity (Wildman–Crippen MR) is 108 cm³/mol. The lowest BCUT2D eigenvalue weighted by Crippen LogP contribution is -2.45. The van der Waals surface area contributed by atoms with Crippen molar-refractivity contribution in [2.24, 2.45) is 0 Å². The molecule has 7 heteroatoms. The molecule has 0 aliphatic carbocycles. The van der Waals surface area contributed by atoms with Crippen molar-refractivity contribution in [3.8, 4) is 17.0 Å². The molecular formula is C21H24FN5O. The Kier molecular flexibility index (Phi) is 4.85. The van der Waals surface area contributed by atoms with E-state index in [0.29, 0.717) is 30.0 Å². The van der Waals surface area contributed by atoms with Gasteiger partial charge in [0.15, 0.2) is 5.82 Å². The second-order valence-corrected chi connectivity index (χ2v) is 7.63. The Morgan fingerprint density at radius 1 is 1.18 bits per heavy atom. The first-order chi connectivity index (χ1) is 13.4. The summed E-state index contributed by atoms with van der Waals surface area (Å²) in [5.74, 6) is 0.767. The quantitative estimate of drug-likeness (QED) is 0.724. The van der Waals surface area contributed by atoms with Gasteiger partial charge in [-0.25, -0.2) is 4.39 Å². The minimum Gasteiger partial charge on any atom is -0.507 e. The average molecular weight is 381 g/mol. The van der Waals surface area contributed by atoms with E-state index in [1.165, 1.54) is 0 Å². The summed E-state index contributed by atoms with van der Waals surface area (Å²) in [5.41, 5.74) is 3.01. The summed E-state index contributed by atoms with van der Waals surface area (Å²) >= 11 is 0. The van der Waals surface area contributed by atoms with Crippen LogP contribution < -0.4 is 5.32 Å². The molecular weight excluding hydrogens is 357 g/mol. The molecule has 0 bridgehead atoms. The monoisotopic (exact) mass is 381 g/mol. The fourth-order valence-corrected chi connectivity index (χ4v) is 3.95. The van der Waals surface area contributed by atoms with Gasteiger partial charge in [-0.2, -0.15) is 0 Å². The van der Waals surface area contributed by atoms with Crippen molar-refractivity contribution in [1.29, 1.82) is 0 Å².